The van der Waals surface area contributed by atoms with Gasteiger partial charge in [0.1, 0.15) is 5.75 Å². The van der Waals surface area contributed by atoms with Crippen molar-refractivity contribution in [3.63, 3.8) is 0 Å². The van der Waals surface area contributed by atoms with Crippen LogP contribution in [0.4, 0.5) is 5.69 Å². The number of hydrogen-bond donors (Lipinski definition) is 1. The largest absolute Gasteiger partial charge is 0.496 e. The van der Waals surface area contributed by atoms with Gasteiger partial charge in [-0.25, -0.2) is 0 Å². The molecule has 0 unspecified atom stereocenters. The van der Waals surface area contributed by atoms with Crippen LogP contribution in [0.25, 0.3) is 0 Å². The molecule has 1 amide bonds. The fourth-order valence-corrected chi connectivity index (χ4v) is 1.04. The van der Waals surface area contributed by atoms with Crippen LogP contribution in [0.15, 0.2) is 18.2 Å². The summed E-state index contributed by atoms with van der Waals surface area (Å²) in [5.41, 5.74) is 4.59. The third-order valence-corrected chi connectivity index (χ3v) is 1.73. The Balaban J connectivity index is 2.98. The van der Waals surface area contributed by atoms with E-state index in [4.69, 9.17) is 15.2 Å². The SMILES string of the molecule is COc1ccc(OCC(N)=O)c([N+](=O)[O-])c1. The fraction of sp³-hybridized carbons (Fsp3) is 0.222. The summed E-state index contributed by atoms with van der Waals surface area (Å²) >= 11 is 0. The van der Waals surface area contributed by atoms with Crippen LogP contribution in [-0.2, 0) is 4.79 Å². The van der Waals surface area contributed by atoms with Crippen molar-refractivity contribution in [2.45, 2.75) is 0 Å². The second kappa shape index (κ2) is 4.96. The van der Waals surface area contributed by atoms with Crippen molar-refractivity contribution in [2.75, 3.05) is 13.7 Å². The summed E-state index contributed by atoms with van der Waals surface area (Å²) in [6, 6.07) is 4.04. The number of nitrogens with zero attached hydrogens (tertiary/aromatic N) is 1. The molecule has 7 nitrogen and oxygen atoms in total. The molecule has 0 aliphatic rings. The number of nitro groups is 1. The van der Waals surface area contributed by atoms with Crippen LogP contribution in [0.2, 0.25) is 0 Å². The van der Waals surface area contributed by atoms with E-state index in [1.54, 1.807) is 0 Å². The Bertz CT molecular complexity index is 418. The van der Waals surface area contributed by atoms with Crippen LogP contribution >= 0.6 is 0 Å². The quantitative estimate of drug-likeness (QED) is 0.580. The van der Waals surface area contributed by atoms with Crippen LogP contribution in [0.3, 0.4) is 0 Å². The lowest BCUT2D eigenvalue weighted by Gasteiger charge is -2.05. The van der Waals surface area contributed by atoms with Crippen LogP contribution in [0.5, 0.6) is 11.5 Å². The molecule has 0 atom stereocenters. The van der Waals surface area contributed by atoms with Crippen molar-refractivity contribution < 1.29 is 19.2 Å². The van der Waals surface area contributed by atoms with Gasteiger partial charge < -0.3 is 15.2 Å². The minimum absolute atomic E-state index is 0.0235. The maximum absolute atomic E-state index is 10.7. The first-order chi connectivity index (χ1) is 7.54. The summed E-state index contributed by atoms with van der Waals surface area (Å²) in [5, 5.41) is 10.7. The predicted molar refractivity (Wildman–Crippen MR) is 54.3 cm³/mol. The highest BCUT2D eigenvalue weighted by Crippen LogP contribution is 2.30. The lowest BCUT2D eigenvalue weighted by Crippen LogP contribution is -2.20. The highest BCUT2D eigenvalue weighted by Gasteiger charge is 2.16. The van der Waals surface area contributed by atoms with E-state index < -0.39 is 17.4 Å². The van der Waals surface area contributed by atoms with E-state index in [0.717, 1.165) is 0 Å². The summed E-state index contributed by atoms with van der Waals surface area (Å²) in [7, 11) is 1.39. The van der Waals surface area contributed by atoms with Crippen molar-refractivity contribution in [3.8, 4) is 11.5 Å². The Morgan fingerprint density at radius 1 is 1.56 bits per heavy atom. The van der Waals surface area contributed by atoms with Crippen LogP contribution in [0.1, 0.15) is 0 Å². The molecule has 1 aromatic rings. The first-order valence-electron chi connectivity index (χ1n) is 4.28. The van der Waals surface area contributed by atoms with Gasteiger partial charge in [-0.3, -0.25) is 14.9 Å². The zero-order valence-electron chi connectivity index (χ0n) is 8.50. The molecule has 0 aliphatic carbocycles. The third-order valence-electron chi connectivity index (χ3n) is 1.73. The minimum Gasteiger partial charge on any atom is -0.496 e. The highest BCUT2D eigenvalue weighted by atomic mass is 16.6. The number of hydrogen-bond acceptors (Lipinski definition) is 5. The number of rotatable bonds is 5. The number of carbonyl (C=O) groups is 1. The van der Waals surface area contributed by atoms with Gasteiger partial charge in [0, 0.05) is 0 Å². The van der Waals surface area contributed by atoms with Crippen LogP contribution < -0.4 is 15.2 Å². The van der Waals surface area contributed by atoms with Crippen LogP contribution in [0, 0.1) is 10.1 Å². The molecule has 2 N–H and O–H groups in total. The average molecular weight is 226 g/mol. The Morgan fingerprint density at radius 2 is 2.25 bits per heavy atom. The normalized spacial score (nSPS) is 9.56. The molecule has 86 valence electrons. The average Bonchev–Trinajstić information content (AvgIpc) is 2.25. The highest BCUT2D eigenvalue weighted by molar-refractivity contribution is 5.75. The molecule has 0 spiro atoms. The van der Waals surface area contributed by atoms with Gasteiger partial charge >= 0.3 is 5.69 Å². The van der Waals surface area contributed by atoms with Gasteiger partial charge in [0.15, 0.2) is 12.4 Å². The molecule has 0 aromatic heterocycles. The molecule has 7 heteroatoms. The van der Waals surface area contributed by atoms with Crippen molar-refractivity contribution in [1.82, 2.24) is 0 Å². The molecule has 0 aliphatic heterocycles. The van der Waals surface area contributed by atoms with Gasteiger partial charge in [-0.1, -0.05) is 0 Å². The zero-order chi connectivity index (χ0) is 12.1. The predicted octanol–water partition coefficient (Wildman–Crippen LogP) is 0.468. The van der Waals surface area contributed by atoms with Crippen molar-refractivity contribution >= 4 is 11.6 Å². The molecule has 1 aromatic carbocycles. The Hall–Kier alpha value is -2.31. The van der Waals surface area contributed by atoms with Gasteiger partial charge in [-0.2, -0.15) is 0 Å². The Kier molecular flexibility index (Phi) is 3.65. The van der Waals surface area contributed by atoms with Crippen molar-refractivity contribution in [1.29, 1.82) is 0 Å². The summed E-state index contributed by atoms with van der Waals surface area (Å²) in [5.74, 6) is -0.396. The molecule has 0 fully saturated rings. The second-order valence-electron chi connectivity index (χ2n) is 2.85. The molecule has 0 saturated carbocycles. The summed E-state index contributed by atoms with van der Waals surface area (Å²) < 4.78 is 9.72. The molecule has 0 bridgehead atoms. The van der Waals surface area contributed by atoms with E-state index in [9.17, 15) is 14.9 Å². The number of benzene rings is 1. The third kappa shape index (κ3) is 2.84. The molecular weight excluding hydrogens is 216 g/mol. The first-order valence-corrected chi connectivity index (χ1v) is 4.28. The minimum atomic E-state index is -0.704. The summed E-state index contributed by atoms with van der Waals surface area (Å²) in [6.45, 7) is -0.410. The zero-order valence-corrected chi connectivity index (χ0v) is 8.50. The van der Waals surface area contributed by atoms with Crippen molar-refractivity contribution in [3.05, 3.63) is 28.3 Å². The van der Waals surface area contributed by atoms with Crippen LogP contribution in [-0.4, -0.2) is 24.5 Å². The lowest BCUT2D eigenvalue weighted by molar-refractivity contribution is -0.385. The topological polar surface area (TPSA) is 105 Å². The van der Waals surface area contributed by atoms with Gasteiger partial charge in [0.05, 0.1) is 18.1 Å². The van der Waals surface area contributed by atoms with E-state index in [2.05, 4.69) is 0 Å². The number of methoxy groups -OCH3 is 1. The smallest absolute Gasteiger partial charge is 0.314 e. The standard InChI is InChI=1S/C9H10N2O5/c1-15-6-2-3-8(16-5-9(10)12)7(4-6)11(13)14/h2-4H,5H2,1H3,(H2,10,12). The Labute approximate surface area is 90.9 Å². The maximum Gasteiger partial charge on any atom is 0.314 e. The maximum atomic E-state index is 10.7. The fourth-order valence-electron chi connectivity index (χ4n) is 1.04. The van der Waals surface area contributed by atoms with Gasteiger partial charge in [-0.05, 0) is 12.1 Å². The second-order valence-corrected chi connectivity index (χ2v) is 2.85. The number of ether oxygens (including phenoxy) is 2. The molecule has 16 heavy (non-hydrogen) atoms. The monoisotopic (exact) mass is 226 g/mol. The van der Waals surface area contributed by atoms with E-state index in [1.807, 2.05) is 0 Å². The van der Waals surface area contributed by atoms with E-state index in [0.29, 0.717) is 5.75 Å². The van der Waals surface area contributed by atoms with Gasteiger partial charge in [0.2, 0.25) is 0 Å². The van der Waals surface area contributed by atoms with E-state index >= 15 is 0 Å². The molecule has 0 heterocycles. The first kappa shape index (κ1) is 11.8. The number of amides is 1. The summed E-state index contributed by atoms with van der Waals surface area (Å²) in [6.07, 6.45) is 0. The summed E-state index contributed by atoms with van der Waals surface area (Å²) in [4.78, 5) is 20.5. The number of nitrogens with two attached hydrogens (primary N) is 1. The number of nitro benzene ring substituents is 1. The van der Waals surface area contributed by atoms with Crippen molar-refractivity contribution in [2.24, 2.45) is 5.73 Å². The molecular formula is C9H10N2O5. The molecule has 1 rings (SSSR count). The van der Waals surface area contributed by atoms with Gasteiger partial charge in [0.25, 0.3) is 5.91 Å². The van der Waals surface area contributed by atoms with E-state index in [-0.39, 0.29) is 11.4 Å². The lowest BCUT2D eigenvalue weighted by atomic mass is 10.3. The Morgan fingerprint density at radius 3 is 2.75 bits per heavy atom. The molecule has 0 radical (unpaired) electrons. The number of primary amides is 1. The van der Waals surface area contributed by atoms with E-state index in [1.165, 1.54) is 25.3 Å². The number of carbonyl (C=O) groups excluding carboxylic acids is 1. The molecule has 0 saturated heterocycles. The van der Waals surface area contributed by atoms with Gasteiger partial charge in [-0.15, -0.1) is 0 Å².